The highest BCUT2D eigenvalue weighted by Crippen LogP contribution is 2.25. The largest absolute Gasteiger partial charge is 0.343 e. The Kier molecular flexibility index (Phi) is 4.78. The number of carbonyl (C=O) groups excluding carboxylic acids is 1. The normalized spacial score (nSPS) is 10.9. The number of anilines is 1. The zero-order valence-electron chi connectivity index (χ0n) is 15.9. The van der Waals surface area contributed by atoms with Crippen LogP contribution in [0.25, 0.3) is 21.6 Å². The van der Waals surface area contributed by atoms with Gasteiger partial charge in [0.25, 0.3) is 5.91 Å². The van der Waals surface area contributed by atoms with E-state index in [0.717, 1.165) is 23.1 Å². The van der Waals surface area contributed by atoms with Crippen molar-refractivity contribution in [2.75, 3.05) is 5.32 Å². The molecule has 146 valence electrons. The number of fused-ring (bicyclic) bond motifs is 1. The van der Waals surface area contributed by atoms with E-state index < -0.39 is 0 Å². The minimum Gasteiger partial charge on any atom is -0.343 e. The van der Waals surface area contributed by atoms with E-state index in [1.54, 1.807) is 6.20 Å². The number of rotatable bonds is 5. The number of aromatic nitrogens is 4. The lowest BCUT2D eigenvalue weighted by molar-refractivity contribution is 0.102. The molecule has 6 nitrogen and oxygen atoms in total. The highest BCUT2D eigenvalue weighted by molar-refractivity contribution is 7.18. The summed E-state index contributed by atoms with van der Waals surface area (Å²) in [5.41, 5.74) is 3.63. The van der Waals surface area contributed by atoms with Crippen molar-refractivity contribution in [3.05, 3.63) is 96.3 Å². The second-order valence-electron chi connectivity index (χ2n) is 6.78. The standard InChI is InChI=1S/C23H17N5OS/c29-21(25-23-27-26-22(30-23)19-8-4-5-12-24-19)18-9-10-20-17(14-18)11-13-28(20)15-16-6-2-1-3-7-16/h1-14H,15H2,(H,25,27,29). The lowest BCUT2D eigenvalue weighted by Crippen LogP contribution is -2.11. The SMILES string of the molecule is O=C(Nc1nnc(-c2ccccn2)s1)c1ccc2c(ccn2Cc2ccccc2)c1. The molecule has 0 aliphatic heterocycles. The molecule has 0 unspecified atom stereocenters. The molecule has 2 aromatic carbocycles. The topological polar surface area (TPSA) is 72.7 Å². The Balaban J connectivity index is 1.34. The van der Waals surface area contributed by atoms with Gasteiger partial charge in [0, 0.05) is 35.4 Å². The Hall–Kier alpha value is -3.84. The Morgan fingerprint density at radius 2 is 1.83 bits per heavy atom. The first-order chi connectivity index (χ1) is 14.8. The van der Waals surface area contributed by atoms with Gasteiger partial charge in [0.05, 0.1) is 0 Å². The fraction of sp³-hybridized carbons (Fsp3) is 0.0435. The lowest BCUT2D eigenvalue weighted by Gasteiger charge is -2.06. The Morgan fingerprint density at radius 1 is 0.967 bits per heavy atom. The molecule has 0 radical (unpaired) electrons. The van der Waals surface area contributed by atoms with E-state index in [2.05, 4.69) is 37.2 Å². The van der Waals surface area contributed by atoms with Crippen LogP contribution >= 0.6 is 11.3 Å². The molecule has 0 fully saturated rings. The first-order valence-electron chi connectivity index (χ1n) is 9.45. The molecule has 0 aliphatic rings. The van der Waals surface area contributed by atoms with Gasteiger partial charge in [-0.1, -0.05) is 47.7 Å². The number of nitrogens with one attached hydrogen (secondary N) is 1. The molecule has 7 heteroatoms. The van der Waals surface area contributed by atoms with Crippen LogP contribution < -0.4 is 5.32 Å². The van der Waals surface area contributed by atoms with Crippen LogP contribution in [0.3, 0.4) is 0 Å². The van der Waals surface area contributed by atoms with Gasteiger partial charge >= 0.3 is 0 Å². The molecule has 1 N–H and O–H groups in total. The Labute approximate surface area is 176 Å². The third-order valence-corrected chi connectivity index (χ3v) is 5.62. The summed E-state index contributed by atoms with van der Waals surface area (Å²) in [4.78, 5) is 17.0. The van der Waals surface area contributed by atoms with E-state index in [1.807, 2.05) is 66.9 Å². The van der Waals surface area contributed by atoms with E-state index in [4.69, 9.17) is 0 Å². The summed E-state index contributed by atoms with van der Waals surface area (Å²) in [5, 5.41) is 13.1. The third kappa shape index (κ3) is 3.70. The quantitative estimate of drug-likeness (QED) is 0.448. The van der Waals surface area contributed by atoms with Gasteiger partial charge in [-0.25, -0.2) is 0 Å². The number of nitrogens with zero attached hydrogens (tertiary/aromatic N) is 4. The average molecular weight is 411 g/mol. The number of amides is 1. The van der Waals surface area contributed by atoms with Crippen LogP contribution in [0.2, 0.25) is 0 Å². The second-order valence-corrected chi connectivity index (χ2v) is 7.76. The maximum atomic E-state index is 12.7. The van der Waals surface area contributed by atoms with Crippen molar-refractivity contribution in [1.82, 2.24) is 19.7 Å². The van der Waals surface area contributed by atoms with Crippen LogP contribution in [0, 0.1) is 0 Å². The van der Waals surface area contributed by atoms with Crippen LogP contribution in [0.15, 0.2) is 85.2 Å². The molecule has 5 rings (SSSR count). The van der Waals surface area contributed by atoms with Crippen LogP contribution in [-0.4, -0.2) is 25.7 Å². The van der Waals surface area contributed by atoms with Gasteiger partial charge < -0.3 is 4.57 Å². The molecule has 0 atom stereocenters. The van der Waals surface area contributed by atoms with Crippen molar-refractivity contribution >= 4 is 33.3 Å². The summed E-state index contributed by atoms with van der Waals surface area (Å²) in [7, 11) is 0. The van der Waals surface area contributed by atoms with Crippen molar-refractivity contribution in [1.29, 1.82) is 0 Å². The van der Waals surface area contributed by atoms with Crippen LogP contribution in [0.5, 0.6) is 0 Å². The Morgan fingerprint density at radius 3 is 2.67 bits per heavy atom. The van der Waals surface area contributed by atoms with Crippen molar-refractivity contribution in [3.8, 4) is 10.7 Å². The summed E-state index contributed by atoms with van der Waals surface area (Å²) in [5.74, 6) is -0.212. The number of pyridine rings is 1. The highest BCUT2D eigenvalue weighted by atomic mass is 32.1. The van der Waals surface area contributed by atoms with Crippen LogP contribution in [0.1, 0.15) is 15.9 Å². The molecular formula is C23H17N5OS. The summed E-state index contributed by atoms with van der Waals surface area (Å²) < 4.78 is 2.18. The summed E-state index contributed by atoms with van der Waals surface area (Å²) in [6, 6.07) is 23.6. The zero-order chi connectivity index (χ0) is 20.3. The molecule has 0 spiro atoms. The second kappa shape index (κ2) is 7.88. The smallest absolute Gasteiger partial charge is 0.257 e. The molecule has 1 amide bonds. The molecule has 3 aromatic heterocycles. The molecule has 3 heterocycles. The average Bonchev–Trinajstić information content (AvgIpc) is 3.42. The molecule has 0 saturated heterocycles. The van der Waals surface area contributed by atoms with E-state index >= 15 is 0 Å². The maximum absolute atomic E-state index is 12.7. The first-order valence-corrected chi connectivity index (χ1v) is 10.3. The zero-order valence-corrected chi connectivity index (χ0v) is 16.7. The number of hydrogen-bond donors (Lipinski definition) is 1. The number of carbonyl (C=O) groups is 1. The molecule has 30 heavy (non-hydrogen) atoms. The van der Waals surface area contributed by atoms with Crippen LogP contribution in [-0.2, 0) is 6.54 Å². The predicted molar refractivity (Wildman–Crippen MR) is 119 cm³/mol. The molecule has 0 bridgehead atoms. The highest BCUT2D eigenvalue weighted by Gasteiger charge is 2.13. The van der Waals surface area contributed by atoms with Gasteiger partial charge in [-0.15, -0.1) is 10.2 Å². The minimum absolute atomic E-state index is 0.212. The number of benzene rings is 2. The summed E-state index contributed by atoms with van der Waals surface area (Å²) >= 11 is 1.30. The van der Waals surface area contributed by atoms with E-state index in [9.17, 15) is 4.79 Å². The van der Waals surface area contributed by atoms with Crippen LogP contribution in [0.4, 0.5) is 5.13 Å². The van der Waals surface area contributed by atoms with Crippen molar-refractivity contribution in [2.24, 2.45) is 0 Å². The fourth-order valence-electron chi connectivity index (χ4n) is 3.30. The molecular weight excluding hydrogens is 394 g/mol. The van der Waals surface area contributed by atoms with Gasteiger partial charge in [-0.2, -0.15) is 0 Å². The maximum Gasteiger partial charge on any atom is 0.257 e. The lowest BCUT2D eigenvalue weighted by atomic mass is 10.1. The van der Waals surface area contributed by atoms with Gasteiger partial charge in [0.1, 0.15) is 5.69 Å². The minimum atomic E-state index is -0.212. The van der Waals surface area contributed by atoms with Gasteiger partial charge in [0.15, 0.2) is 5.01 Å². The van der Waals surface area contributed by atoms with Gasteiger partial charge in [-0.3, -0.25) is 15.1 Å². The van der Waals surface area contributed by atoms with Gasteiger partial charge in [-0.05, 0) is 42.0 Å². The van der Waals surface area contributed by atoms with E-state index in [-0.39, 0.29) is 5.91 Å². The van der Waals surface area contributed by atoms with Gasteiger partial charge in [0.2, 0.25) is 5.13 Å². The predicted octanol–water partition coefficient (Wildman–Crippen LogP) is 4.86. The first kappa shape index (κ1) is 18.2. The van der Waals surface area contributed by atoms with Crippen molar-refractivity contribution in [2.45, 2.75) is 6.54 Å². The number of hydrogen-bond acceptors (Lipinski definition) is 5. The fourth-order valence-corrected chi connectivity index (χ4v) is 4.01. The molecule has 0 saturated carbocycles. The van der Waals surface area contributed by atoms with E-state index in [0.29, 0.717) is 15.7 Å². The Bertz CT molecular complexity index is 1310. The molecule has 5 aromatic rings. The third-order valence-electron chi connectivity index (χ3n) is 4.76. The molecule has 0 aliphatic carbocycles. The monoisotopic (exact) mass is 411 g/mol. The summed E-state index contributed by atoms with van der Waals surface area (Å²) in [6.45, 7) is 0.789. The van der Waals surface area contributed by atoms with E-state index in [1.165, 1.54) is 16.9 Å². The van der Waals surface area contributed by atoms with Crippen molar-refractivity contribution < 1.29 is 4.79 Å². The van der Waals surface area contributed by atoms with Crippen molar-refractivity contribution in [3.63, 3.8) is 0 Å². The summed E-state index contributed by atoms with van der Waals surface area (Å²) in [6.07, 6.45) is 3.75.